The molecule has 0 aliphatic heterocycles. The average Bonchev–Trinajstić information content (AvgIpc) is 1.65. The summed E-state index contributed by atoms with van der Waals surface area (Å²) in [6.45, 7) is -1.06. The highest BCUT2D eigenvalue weighted by atomic mass is 19.2. The molecule has 0 bridgehead atoms. The topological polar surface area (TPSA) is 9.23 Å². The van der Waals surface area contributed by atoms with E-state index >= 15 is 0 Å². The Balaban J connectivity index is 2.75. The van der Waals surface area contributed by atoms with Gasteiger partial charge in [0.25, 0.3) is 0 Å². The van der Waals surface area contributed by atoms with Crippen LogP contribution in [0, 0.1) is 0 Å². The largest absolute Gasteiger partial charge is 0.349 e. The van der Waals surface area contributed by atoms with E-state index in [0.717, 1.165) is 7.11 Å². The first-order chi connectivity index (χ1) is 2.81. The number of hydrogen-bond acceptors (Lipinski definition) is 1. The van der Waals surface area contributed by atoms with Gasteiger partial charge in [-0.3, -0.25) is 0 Å². The van der Waals surface area contributed by atoms with Crippen molar-refractivity contribution in [3.63, 3.8) is 0 Å². The van der Waals surface area contributed by atoms with E-state index in [2.05, 4.69) is 4.74 Å². The van der Waals surface area contributed by atoms with Gasteiger partial charge in [0.2, 0.25) is 6.36 Å². The van der Waals surface area contributed by atoms with Crippen molar-refractivity contribution in [2.75, 3.05) is 13.8 Å². The summed E-state index contributed by atoms with van der Waals surface area (Å²) in [5.74, 6) is 0. The number of hydrogen-bond donors (Lipinski definition) is 0. The van der Waals surface area contributed by atoms with E-state index in [1.807, 2.05) is 0 Å². The van der Waals surface area contributed by atoms with Crippen molar-refractivity contribution >= 4 is 0 Å². The number of methoxy groups -OCH3 is 1. The lowest BCUT2D eigenvalue weighted by molar-refractivity contribution is -0.0212. The molecule has 0 aromatic rings. The molecule has 1 unspecified atom stereocenters. The summed E-state index contributed by atoms with van der Waals surface area (Å²) in [6.07, 6.45) is -1.73. The number of alkyl halides is 2. The van der Waals surface area contributed by atoms with Crippen LogP contribution in [0.2, 0.25) is 0 Å². The van der Waals surface area contributed by atoms with Crippen molar-refractivity contribution in [2.45, 2.75) is 6.36 Å². The summed E-state index contributed by atoms with van der Waals surface area (Å²) in [6, 6.07) is 0. The summed E-state index contributed by atoms with van der Waals surface area (Å²) in [5.41, 5.74) is 0. The van der Waals surface area contributed by atoms with Crippen molar-refractivity contribution in [1.29, 1.82) is 0 Å². The minimum absolute atomic E-state index is 1.06. The van der Waals surface area contributed by atoms with Crippen LogP contribution >= 0.6 is 0 Å². The highest BCUT2D eigenvalue weighted by Crippen LogP contribution is 1.88. The Bertz CT molecular complexity index is 28.0. The SMILES string of the molecule is COC(F)CF. The molecule has 0 heterocycles. The summed E-state index contributed by atoms with van der Waals surface area (Å²) < 4.78 is 26.0. The molecule has 0 rings (SSSR count). The van der Waals surface area contributed by atoms with E-state index in [9.17, 15) is 8.78 Å². The summed E-state index contributed by atoms with van der Waals surface area (Å²) in [5, 5.41) is 0. The molecule has 0 radical (unpaired) electrons. The summed E-state index contributed by atoms with van der Waals surface area (Å²) >= 11 is 0. The van der Waals surface area contributed by atoms with E-state index in [1.54, 1.807) is 0 Å². The van der Waals surface area contributed by atoms with Gasteiger partial charge in [-0.25, -0.2) is 8.78 Å². The van der Waals surface area contributed by atoms with E-state index in [-0.39, 0.29) is 0 Å². The smallest absolute Gasteiger partial charge is 0.227 e. The van der Waals surface area contributed by atoms with Crippen LogP contribution in [0.5, 0.6) is 0 Å². The molecule has 6 heavy (non-hydrogen) atoms. The quantitative estimate of drug-likeness (QED) is 0.496. The Hall–Kier alpha value is -0.180. The van der Waals surface area contributed by atoms with Gasteiger partial charge < -0.3 is 4.74 Å². The lowest BCUT2D eigenvalue weighted by atomic mass is 10.8. The maximum atomic E-state index is 11.3. The Morgan fingerprint density at radius 2 is 2.33 bits per heavy atom. The lowest BCUT2D eigenvalue weighted by Crippen LogP contribution is -2.03. The third-order valence-corrected chi connectivity index (χ3v) is 0.377. The van der Waals surface area contributed by atoms with Gasteiger partial charge in [0.05, 0.1) is 0 Å². The summed E-state index contributed by atoms with van der Waals surface area (Å²) in [4.78, 5) is 0. The van der Waals surface area contributed by atoms with Gasteiger partial charge in [0, 0.05) is 7.11 Å². The zero-order valence-electron chi connectivity index (χ0n) is 3.45. The van der Waals surface area contributed by atoms with E-state index in [4.69, 9.17) is 0 Å². The zero-order chi connectivity index (χ0) is 4.99. The molecule has 0 aromatic carbocycles. The molecule has 0 amide bonds. The first-order valence-corrected chi connectivity index (χ1v) is 1.54. The molecule has 0 fully saturated rings. The highest BCUT2D eigenvalue weighted by Gasteiger charge is 1.97. The molecular weight excluding hydrogens is 90.0 g/mol. The molecular formula is C3H6F2O. The average molecular weight is 96.1 g/mol. The molecule has 3 heteroatoms. The molecule has 1 atom stereocenters. The molecule has 0 N–H and O–H groups in total. The van der Waals surface area contributed by atoms with Crippen LogP contribution in [0.25, 0.3) is 0 Å². The molecule has 0 spiro atoms. The minimum atomic E-state index is -1.73. The maximum absolute atomic E-state index is 11.3. The van der Waals surface area contributed by atoms with Gasteiger partial charge >= 0.3 is 0 Å². The second-order valence-corrected chi connectivity index (χ2v) is 0.800. The Morgan fingerprint density at radius 3 is 2.33 bits per heavy atom. The fourth-order valence-corrected chi connectivity index (χ4v) is 0.0630. The Labute approximate surface area is 34.9 Å². The predicted octanol–water partition coefficient (Wildman–Crippen LogP) is 0.898. The number of halogens is 2. The highest BCUT2D eigenvalue weighted by molar-refractivity contribution is 4.27. The fraction of sp³-hybridized carbons (Fsp3) is 1.00. The van der Waals surface area contributed by atoms with Crippen molar-refractivity contribution in [1.82, 2.24) is 0 Å². The lowest BCUT2D eigenvalue weighted by Gasteiger charge is -1.94. The van der Waals surface area contributed by atoms with Crippen molar-refractivity contribution in [3.8, 4) is 0 Å². The van der Waals surface area contributed by atoms with Crippen molar-refractivity contribution < 1.29 is 13.5 Å². The van der Waals surface area contributed by atoms with Crippen molar-refractivity contribution in [2.24, 2.45) is 0 Å². The van der Waals surface area contributed by atoms with Crippen LogP contribution in [0.4, 0.5) is 8.78 Å². The molecule has 0 aromatic heterocycles. The van der Waals surface area contributed by atoms with Gasteiger partial charge in [-0.1, -0.05) is 0 Å². The van der Waals surface area contributed by atoms with Gasteiger partial charge in [0.1, 0.15) is 6.67 Å². The standard InChI is InChI=1S/C3H6F2O/c1-6-3(5)2-4/h3H,2H2,1H3. The van der Waals surface area contributed by atoms with Gasteiger partial charge in [-0.05, 0) is 0 Å². The van der Waals surface area contributed by atoms with Crippen LogP contribution in [0.3, 0.4) is 0 Å². The first-order valence-electron chi connectivity index (χ1n) is 1.54. The van der Waals surface area contributed by atoms with Crippen LogP contribution < -0.4 is 0 Å². The Morgan fingerprint density at radius 1 is 1.83 bits per heavy atom. The normalized spacial score (nSPS) is 14.5. The molecule has 38 valence electrons. The monoisotopic (exact) mass is 96.0 g/mol. The molecule has 0 saturated heterocycles. The minimum Gasteiger partial charge on any atom is -0.349 e. The molecule has 0 aliphatic carbocycles. The van der Waals surface area contributed by atoms with Crippen LogP contribution in [0.1, 0.15) is 0 Å². The van der Waals surface area contributed by atoms with E-state index in [0.29, 0.717) is 0 Å². The van der Waals surface area contributed by atoms with Crippen LogP contribution in [-0.2, 0) is 4.74 Å². The number of ether oxygens (including phenoxy) is 1. The van der Waals surface area contributed by atoms with E-state index < -0.39 is 13.0 Å². The predicted molar refractivity (Wildman–Crippen MR) is 17.9 cm³/mol. The Kier molecular flexibility index (Phi) is 2.94. The second kappa shape index (κ2) is 3.03. The maximum Gasteiger partial charge on any atom is 0.227 e. The third-order valence-electron chi connectivity index (χ3n) is 0.377. The zero-order valence-corrected chi connectivity index (χ0v) is 3.45. The second-order valence-electron chi connectivity index (χ2n) is 0.800. The van der Waals surface area contributed by atoms with Crippen LogP contribution in [-0.4, -0.2) is 20.1 Å². The molecule has 0 aliphatic rings. The van der Waals surface area contributed by atoms with Gasteiger partial charge in [-0.15, -0.1) is 0 Å². The summed E-state index contributed by atoms with van der Waals surface area (Å²) in [7, 11) is 1.12. The first kappa shape index (κ1) is 5.82. The molecule has 1 nitrogen and oxygen atoms in total. The van der Waals surface area contributed by atoms with Gasteiger partial charge in [0.15, 0.2) is 0 Å². The third kappa shape index (κ3) is 2.08. The van der Waals surface area contributed by atoms with Crippen molar-refractivity contribution in [3.05, 3.63) is 0 Å². The molecule has 0 saturated carbocycles. The fourth-order valence-electron chi connectivity index (χ4n) is 0.0630. The van der Waals surface area contributed by atoms with Crippen LogP contribution in [0.15, 0.2) is 0 Å². The van der Waals surface area contributed by atoms with Gasteiger partial charge in [-0.2, -0.15) is 0 Å². The number of rotatable bonds is 2. The van der Waals surface area contributed by atoms with E-state index in [1.165, 1.54) is 0 Å².